The molecule has 1 unspecified atom stereocenters. The van der Waals surface area contributed by atoms with Gasteiger partial charge in [0.25, 0.3) is 0 Å². The third-order valence-corrected chi connectivity index (χ3v) is 5.87. The fourth-order valence-corrected chi connectivity index (χ4v) is 3.91. The number of carbonyl (C=O) groups is 1. The van der Waals surface area contributed by atoms with Crippen molar-refractivity contribution in [1.82, 2.24) is 0 Å². The lowest BCUT2D eigenvalue weighted by Gasteiger charge is -2.23. The van der Waals surface area contributed by atoms with Crippen molar-refractivity contribution in [3.8, 4) is 5.75 Å². The van der Waals surface area contributed by atoms with Crippen molar-refractivity contribution in [2.45, 2.75) is 69.9 Å². The fourth-order valence-electron chi connectivity index (χ4n) is 3.91. The summed E-state index contributed by atoms with van der Waals surface area (Å²) >= 11 is 0. The van der Waals surface area contributed by atoms with Gasteiger partial charge in [-0.15, -0.1) is 5.73 Å². The van der Waals surface area contributed by atoms with Crippen molar-refractivity contribution >= 4 is 5.97 Å². The monoisotopic (exact) mass is 512 g/mol. The normalized spacial score (nSPS) is 23.7. The van der Waals surface area contributed by atoms with Crippen LogP contribution < -0.4 is 4.74 Å². The maximum Gasteiger partial charge on any atom is 0.416 e. The third kappa shape index (κ3) is 9.82. The quantitative estimate of drug-likeness (QED) is 0.216. The molecule has 1 fully saturated rings. The molecular formula is C27H35F3O6. The Morgan fingerprint density at radius 2 is 1.97 bits per heavy atom. The van der Waals surface area contributed by atoms with Gasteiger partial charge in [0.05, 0.1) is 24.4 Å². The van der Waals surface area contributed by atoms with Crippen LogP contribution in [-0.4, -0.2) is 52.3 Å². The van der Waals surface area contributed by atoms with Gasteiger partial charge in [0, 0.05) is 18.8 Å². The first kappa shape index (κ1) is 29.6. The summed E-state index contributed by atoms with van der Waals surface area (Å²) < 4.78 is 49.0. The largest absolute Gasteiger partial charge is 0.490 e. The molecule has 0 bridgehead atoms. The van der Waals surface area contributed by atoms with E-state index < -0.39 is 35.5 Å². The molecule has 200 valence electrons. The number of hydrogen-bond donors (Lipinski definition) is 3. The maximum atomic E-state index is 12.9. The van der Waals surface area contributed by atoms with Gasteiger partial charge in [-0.1, -0.05) is 25.1 Å². The van der Waals surface area contributed by atoms with Crippen LogP contribution >= 0.6 is 0 Å². The highest BCUT2D eigenvalue weighted by molar-refractivity contribution is 5.69. The number of carbonyl (C=O) groups excluding carboxylic acids is 1. The third-order valence-electron chi connectivity index (χ3n) is 5.87. The Balaban J connectivity index is 1.93. The summed E-state index contributed by atoms with van der Waals surface area (Å²) in [7, 11) is 0. The van der Waals surface area contributed by atoms with Crippen molar-refractivity contribution in [2.24, 2.45) is 11.8 Å². The minimum Gasteiger partial charge on any atom is -0.490 e. The van der Waals surface area contributed by atoms with Gasteiger partial charge in [-0.05, 0) is 62.5 Å². The smallest absolute Gasteiger partial charge is 0.416 e. The van der Waals surface area contributed by atoms with Crippen LogP contribution in [0.1, 0.15) is 51.5 Å². The van der Waals surface area contributed by atoms with E-state index in [9.17, 15) is 33.3 Å². The number of rotatable bonds is 12. The highest BCUT2D eigenvalue weighted by Crippen LogP contribution is 2.37. The lowest BCUT2D eigenvalue weighted by Crippen LogP contribution is -2.31. The standard InChI is InChI=1S/C27H35F3O6/c1-3-15-35-25(33)12-7-5-4-6-11-21-22(24(32)17-23(21)31)13-14-26(2,34)18-36-20-10-8-9-19(16-20)27(28,29)30/h5-6,8-10,13-14,16,21-24,31-32,34H,3,7,11-12,15,17-18H2,1-2H3/t4?,21-,22-,23+,24-,26?/m1/s1. The number of aliphatic hydroxyl groups excluding tert-OH is 2. The average Bonchev–Trinajstić information content (AvgIpc) is 3.09. The Morgan fingerprint density at radius 3 is 2.67 bits per heavy atom. The number of benzene rings is 1. The van der Waals surface area contributed by atoms with E-state index in [1.807, 2.05) is 6.92 Å². The van der Waals surface area contributed by atoms with Crippen LogP contribution in [0, 0.1) is 11.8 Å². The van der Waals surface area contributed by atoms with E-state index in [0.717, 1.165) is 18.6 Å². The van der Waals surface area contributed by atoms with Gasteiger partial charge >= 0.3 is 12.1 Å². The van der Waals surface area contributed by atoms with Gasteiger partial charge < -0.3 is 24.8 Å². The van der Waals surface area contributed by atoms with Crippen molar-refractivity contribution in [1.29, 1.82) is 0 Å². The van der Waals surface area contributed by atoms with E-state index >= 15 is 0 Å². The van der Waals surface area contributed by atoms with Crippen molar-refractivity contribution in [3.63, 3.8) is 0 Å². The summed E-state index contributed by atoms with van der Waals surface area (Å²) in [6.45, 7) is 3.46. The van der Waals surface area contributed by atoms with E-state index in [1.165, 1.54) is 25.1 Å². The second kappa shape index (κ2) is 13.7. The first-order valence-electron chi connectivity index (χ1n) is 12.1. The van der Waals surface area contributed by atoms with Gasteiger partial charge in [0.2, 0.25) is 0 Å². The van der Waals surface area contributed by atoms with E-state index in [4.69, 9.17) is 9.47 Å². The molecule has 0 saturated heterocycles. The zero-order chi connectivity index (χ0) is 26.8. The lowest BCUT2D eigenvalue weighted by molar-refractivity contribution is -0.143. The molecule has 1 saturated carbocycles. The van der Waals surface area contributed by atoms with Crippen LogP contribution in [0.4, 0.5) is 13.2 Å². The highest BCUT2D eigenvalue weighted by atomic mass is 19.4. The van der Waals surface area contributed by atoms with Crippen LogP contribution in [0.2, 0.25) is 0 Å². The van der Waals surface area contributed by atoms with Gasteiger partial charge in [-0.2, -0.15) is 13.2 Å². The molecule has 2 rings (SSSR count). The second-order valence-electron chi connectivity index (χ2n) is 9.21. The number of ether oxygens (including phenoxy) is 2. The van der Waals surface area contributed by atoms with Crippen molar-refractivity contribution in [3.05, 3.63) is 59.9 Å². The van der Waals surface area contributed by atoms with E-state index in [0.29, 0.717) is 19.4 Å². The Morgan fingerprint density at radius 1 is 1.22 bits per heavy atom. The molecule has 1 aromatic carbocycles. The van der Waals surface area contributed by atoms with E-state index in [1.54, 1.807) is 18.2 Å². The van der Waals surface area contributed by atoms with Gasteiger partial charge in [-0.25, -0.2) is 0 Å². The summed E-state index contributed by atoms with van der Waals surface area (Å²) in [6.07, 6.45) is 2.55. The van der Waals surface area contributed by atoms with Gasteiger partial charge in [0.1, 0.15) is 18.0 Å². The van der Waals surface area contributed by atoms with Crippen LogP contribution in [0.15, 0.2) is 54.3 Å². The molecule has 0 spiro atoms. The summed E-state index contributed by atoms with van der Waals surface area (Å²) in [5.74, 6) is -1.05. The van der Waals surface area contributed by atoms with Gasteiger partial charge in [-0.3, -0.25) is 4.79 Å². The molecule has 6 nitrogen and oxygen atoms in total. The summed E-state index contributed by atoms with van der Waals surface area (Å²) in [5, 5.41) is 31.4. The lowest BCUT2D eigenvalue weighted by atomic mass is 9.89. The summed E-state index contributed by atoms with van der Waals surface area (Å²) in [4.78, 5) is 11.5. The first-order valence-corrected chi connectivity index (χ1v) is 12.1. The summed E-state index contributed by atoms with van der Waals surface area (Å²) in [5.41, 5.74) is 0.614. The number of alkyl halides is 3. The number of allylic oxidation sites excluding steroid dienone is 1. The topological polar surface area (TPSA) is 96.2 Å². The maximum absolute atomic E-state index is 12.9. The van der Waals surface area contributed by atoms with Crippen molar-refractivity contribution < 1.29 is 42.8 Å². The van der Waals surface area contributed by atoms with Crippen LogP contribution in [0.5, 0.6) is 5.75 Å². The number of aliphatic hydroxyl groups is 3. The zero-order valence-corrected chi connectivity index (χ0v) is 20.6. The molecule has 1 aliphatic carbocycles. The Labute approximate surface area is 209 Å². The molecule has 5 atom stereocenters. The molecule has 0 heterocycles. The first-order chi connectivity index (χ1) is 16.9. The molecule has 0 amide bonds. The molecule has 36 heavy (non-hydrogen) atoms. The molecular weight excluding hydrogens is 477 g/mol. The second-order valence-corrected chi connectivity index (χ2v) is 9.21. The molecule has 9 heteroatoms. The molecule has 0 radical (unpaired) electrons. The highest BCUT2D eigenvalue weighted by Gasteiger charge is 2.40. The predicted molar refractivity (Wildman–Crippen MR) is 128 cm³/mol. The predicted octanol–water partition coefficient (Wildman–Crippen LogP) is 4.58. The Bertz CT molecular complexity index is 934. The summed E-state index contributed by atoms with van der Waals surface area (Å²) in [6, 6.07) is 4.39. The zero-order valence-electron chi connectivity index (χ0n) is 20.6. The van der Waals surface area contributed by atoms with Crippen LogP contribution in [0.25, 0.3) is 0 Å². The van der Waals surface area contributed by atoms with E-state index in [2.05, 4.69) is 5.73 Å². The Hall–Kier alpha value is -2.58. The fraction of sp³-hybridized carbons (Fsp3) is 0.556. The molecule has 0 aromatic heterocycles. The SMILES string of the molecule is CCCOC(=O)CCC=C=CC[C@@H]1[C@@H](C=CC(C)(O)COc2cccc(C(F)(F)F)c2)[C@H](O)C[C@@H]1O. The molecule has 1 aromatic rings. The molecule has 3 N–H and O–H groups in total. The average molecular weight is 513 g/mol. The number of esters is 1. The molecule has 0 aliphatic heterocycles. The Kier molecular flexibility index (Phi) is 11.2. The number of hydrogen-bond acceptors (Lipinski definition) is 6. The minimum absolute atomic E-state index is 0.0248. The van der Waals surface area contributed by atoms with E-state index in [-0.39, 0.29) is 37.1 Å². The van der Waals surface area contributed by atoms with Crippen LogP contribution in [-0.2, 0) is 15.7 Å². The van der Waals surface area contributed by atoms with Crippen LogP contribution in [0.3, 0.4) is 0 Å². The number of halogens is 3. The van der Waals surface area contributed by atoms with Crippen molar-refractivity contribution in [2.75, 3.05) is 13.2 Å². The van der Waals surface area contributed by atoms with Gasteiger partial charge in [0.15, 0.2) is 0 Å². The minimum atomic E-state index is -4.50. The molecule has 1 aliphatic rings.